The predicted octanol–water partition coefficient (Wildman–Crippen LogP) is 4.95. The third-order valence-corrected chi connectivity index (χ3v) is 3.63. The molecule has 0 amide bonds. The number of ether oxygens (including phenoxy) is 1. The largest absolute Gasteiger partial charge is 0.465 e. The maximum absolute atomic E-state index is 11.5. The summed E-state index contributed by atoms with van der Waals surface area (Å²) in [5.41, 5.74) is 0.944. The van der Waals surface area contributed by atoms with Crippen LogP contribution in [0.2, 0.25) is 15.1 Å². The Bertz CT molecular complexity index is 659. The molecular formula is C14H12Cl3NO3. The SMILES string of the molecule is COC(=O)c1cc(CNc2c(Cl)cc(Cl)cc2Cl)oc1C. The first kappa shape index (κ1) is 16.0. The molecule has 1 heterocycles. The van der Waals surface area contributed by atoms with Crippen molar-refractivity contribution in [3.8, 4) is 0 Å². The monoisotopic (exact) mass is 347 g/mol. The molecule has 1 N–H and O–H groups in total. The second-order valence-electron chi connectivity index (χ2n) is 4.27. The Kier molecular flexibility index (Phi) is 5.04. The molecule has 1 aromatic heterocycles. The number of carbonyl (C=O) groups excluding carboxylic acids is 1. The fourth-order valence-electron chi connectivity index (χ4n) is 1.83. The highest BCUT2D eigenvalue weighted by Crippen LogP contribution is 2.34. The van der Waals surface area contributed by atoms with Crippen LogP contribution in [0, 0.1) is 6.92 Å². The van der Waals surface area contributed by atoms with E-state index >= 15 is 0 Å². The molecule has 0 saturated heterocycles. The normalized spacial score (nSPS) is 10.5. The van der Waals surface area contributed by atoms with E-state index in [0.717, 1.165) is 0 Å². The summed E-state index contributed by atoms with van der Waals surface area (Å²) in [5.74, 6) is 0.618. The van der Waals surface area contributed by atoms with Gasteiger partial charge in [0.05, 0.1) is 29.4 Å². The van der Waals surface area contributed by atoms with Crippen LogP contribution in [0.3, 0.4) is 0 Å². The molecule has 0 unspecified atom stereocenters. The van der Waals surface area contributed by atoms with Gasteiger partial charge in [0.1, 0.15) is 17.1 Å². The maximum atomic E-state index is 11.5. The van der Waals surface area contributed by atoms with E-state index in [0.29, 0.717) is 44.4 Å². The van der Waals surface area contributed by atoms with Gasteiger partial charge in [-0.15, -0.1) is 0 Å². The van der Waals surface area contributed by atoms with Gasteiger partial charge in [-0.3, -0.25) is 0 Å². The second-order valence-corrected chi connectivity index (χ2v) is 5.52. The summed E-state index contributed by atoms with van der Waals surface area (Å²) >= 11 is 18.0. The predicted molar refractivity (Wildman–Crippen MR) is 83.6 cm³/mol. The van der Waals surface area contributed by atoms with Crippen molar-refractivity contribution in [3.63, 3.8) is 0 Å². The number of esters is 1. The van der Waals surface area contributed by atoms with Crippen LogP contribution in [0.4, 0.5) is 5.69 Å². The van der Waals surface area contributed by atoms with Crippen LogP contribution in [0.5, 0.6) is 0 Å². The first-order valence-corrected chi connectivity index (χ1v) is 7.11. The molecular weight excluding hydrogens is 337 g/mol. The zero-order chi connectivity index (χ0) is 15.6. The molecule has 7 heteroatoms. The first-order valence-electron chi connectivity index (χ1n) is 5.98. The second kappa shape index (κ2) is 6.60. The van der Waals surface area contributed by atoms with E-state index in [2.05, 4.69) is 10.1 Å². The lowest BCUT2D eigenvalue weighted by molar-refractivity contribution is 0.0599. The minimum Gasteiger partial charge on any atom is -0.465 e. The standard InChI is InChI=1S/C14H12Cl3NO3/c1-7-10(14(19)20-2)5-9(21-7)6-18-13-11(16)3-8(15)4-12(13)17/h3-5,18H,6H2,1-2H3. The summed E-state index contributed by atoms with van der Waals surface area (Å²) in [5, 5.41) is 4.32. The van der Waals surface area contributed by atoms with E-state index in [4.69, 9.17) is 39.2 Å². The van der Waals surface area contributed by atoms with Crippen molar-refractivity contribution in [2.24, 2.45) is 0 Å². The van der Waals surface area contributed by atoms with Crippen molar-refractivity contribution >= 4 is 46.5 Å². The van der Waals surface area contributed by atoms with Gasteiger partial charge in [-0.25, -0.2) is 4.79 Å². The number of carbonyl (C=O) groups is 1. The molecule has 0 aliphatic heterocycles. The van der Waals surface area contributed by atoms with Crippen LogP contribution in [-0.4, -0.2) is 13.1 Å². The number of anilines is 1. The van der Waals surface area contributed by atoms with E-state index in [9.17, 15) is 4.79 Å². The Morgan fingerprint density at radius 2 is 1.86 bits per heavy atom. The highest BCUT2D eigenvalue weighted by molar-refractivity contribution is 6.41. The zero-order valence-electron chi connectivity index (χ0n) is 11.3. The average Bonchev–Trinajstić information content (AvgIpc) is 2.78. The van der Waals surface area contributed by atoms with Crippen LogP contribution in [0.25, 0.3) is 0 Å². The quantitative estimate of drug-likeness (QED) is 0.795. The van der Waals surface area contributed by atoms with Gasteiger partial charge in [0.15, 0.2) is 0 Å². The molecule has 0 fully saturated rings. The number of hydrogen-bond acceptors (Lipinski definition) is 4. The van der Waals surface area contributed by atoms with E-state index in [1.165, 1.54) is 7.11 Å². The van der Waals surface area contributed by atoms with Gasteiger partial charge >= 0.3 is 5.97 Å². The Hall–Kier alpha value is -1.36. The van der Waals surface area contributed by atoms with Crippen LogP contribution < -0.4 is 5.32 Å². The number of rotatable bonds is 4. The van der Waals surface area contributed by atoms with Crippen LogP contribution in [-0.2, 0) is 11.3 Å². The number of benzene rings is 1. The van der Waals surface area contributed by atoms with E-state index in [1.807, 2.05) is 0 Å². The number of methoxy groups -OCH3 is 1. The lowest BCUT2D eigenvalue weighted by atomic mass is 10.2. The summed E-state index contributed by atoms with van der Waals surface area (Å²) < 4.78 is 10.2. The summed E-state index contributed by atoms with van der Waals surface area (Å²) in [7, 11) is 1.32. The van der Waals surface area contributed by atoms with Gasteiger partial charge in [0, 0.05) is 5.02 Å². The fourth-order valence-corrected chi connectivity index (χ4v) is 2.78. The van der Waals surface area contributed by atoms with Gasteiger partial charge in [0.25, 0.3) is 0 Å². The topological polar surface area (TPSA) is 51.5 Å². The molecule has 0 bridgehead atoms. The van der Waals surface area contributed by atoms with Gasteiger partial charge in [-0.2, -0.15) is 0 Å². The highest BCUT2D eigenvalue weighted by atomic mass is 35.5. The van der Waals surface area contributed by atoms with E-state index in [1.54, 1.807) is 25.1 Å². The summed E-state index contributed by atoms with van der Waals surface area (Å²) in [6.07, 6.45) is 0. The minimum absolute atomic E-state index is 0.318. The molecule has 0 aliphatic carbocycles. The van der Waals surface area contributed by atoms with E-state index < -0.39 is 5.97 Å². The van der Waals surface area contributed by atoms with Crippen molar-refractivity contribution in [1.29, 1.82) is 0 Å². The molecule has 1 aromatic carbocycles. The third kappa shape index (κ3) is 3.64. The number of nitrogens with one attached hydrogen (secondary N) is 1. The Morgan fingerprint density at radius 1 is 1.24 bits per heavy atom. The van der Waals surface area contributed by atoms with Gasteiger partial charge in [-0.1, -0.05) is 34.8 Å². The van der Waals surface area contributed by atoms with Crippen LogP contribution in [0.15, 0.2) is 22.6 Å². The number of halogens is 3. The Balaban J connectivity index is 2.16. The fraction of sp³-hybridized carbons (Fsp3) is 0.214. The van der Waals surface area contributed by atoms with Crippen molar-refractivity contribution in [2.45, 2.75) is 13.5 Å². The number of hydrogen-bond donors (Lipinski definition) is 1. The van der Waals surface area contributed by atoms with Crippen LogP contribution in [0.1, 0.15) is 21.9 Å². The van der Waals surface area contributed by atoms with Gasteiger partial charge in [0.2, 0.25) is 0 Å². The molecule has 0 radical (unpaired) electrons. The molecule has 112 valence electrons. The van der Waals surface area contributed by atoms with Crippen molar-refractivity contribution in [3.05, 3.63) is 50.4 Å². The third-order valence-electron chi connectivity index (χ3n) is 2.82. The summed E-state index contributed by atoms with van der Waals surface area (Å²) in [4.78, 5) is 11.5. The molecule has 0 saturated carbocycles. The Labute approximate surface area is 136 Å². The molecule has 0 aliphatic rings. The highest BCUT2D eigenvalue weighted by Gasteiger charge is 2.16. The van der Waals surface area contributed by atoms with Crippen LogP contribution >= 0.6 is 34.8 Å². The smallest absolute Gasteiger partial charge is 0.341 e. The maximum Gasteiger partial charge on any atom is 0.341 e. The van der Waals surface area contributed by atoms with Gasteiger partial charge in [-0.05, 0) is 25.1 Å². The molecule has 0 atom stereocenters. The van der Waals surface area contributed by atoms with Crippen molar-refractivity contribution in [2.75, 3.05) is 12.4 Å². The molecule has 2 aromatic rings. The molecule has 0 spiro atoms. The Morgan fingerprint density at radius 3 is 2.43 bits per heavy atom. The lowest BCUT2D eigenvalue weighted by Gasteiger charge is -2.09. The van der Waals surface area contributed by atoms with Gasteiger partial charge < -0.3 is 14.5 Å². The molecule has 4 nitrogen and oxygen atoms in total. The average molecular weight is 349 g/mol. The number of aryl methyl sites for hydroxylation is 1. The summed E-state index contributed by atoms with van der Waals surface area (Å²) in [6, 6.07) is 4.79. The number of furan rings is 1. The minimum atomic E-state index is -0.440. The zero-order valence-corrected chi connectivity index (χ0v) is 13.6. The first-order chi connectivity index (χ1) is 9.92. The molecule has 2 rings (SSSR count). The summed E-state index contributed by atoms with van der Waals surface area (Å²) in [6.45, 7) is 2.01. The lowest BCUT2D eigenvalue weighted by Crippen LogP contribution is -2.01. The molecule has 21 heavy (non-hydrogen) atoms. The van der Waals surface area contributed by atoms with E-state index in [-0.39, 0.29) is 0 Å². The van der Waals surface area contributed by atoms with Crippen molar-refractivity contribution < 1.29 is 13.9 Å². The van der Waals surface area contributed by atoms with Crippen molar-refractivity contribution in [1.82, 2.24) is 0 Å².